The Morgan fingerprint density at radius 3 is 2.86 bits per heavy atom. The molecule has 1 aromatic carbocycles. The summed E-state index contributed by atoms with van der Waals surface area (Å²) in [5.74, 6) is -0.209. The number of benzene rings is 1. The van der Waals surface area contributed by atoms with Gasteiger partial charge in [-0.15, -0.1) is 0 Å². The molecule has 6 heteroatoms. The average molecular weight is 334 g/mol. The Morgan fingerprint density at radius 2 is 2.14 bits per heavy atom. The van der Waals surface area contributed by atoms with Gasteiger partial charge in [-0.25, -0.2) is 0 Å². The predicted molar refractivity (Wildman–Crippen MR) is 88.4 cm³/mol. The van der Waals surface area contributed by atoms with Crippen LogP contribution >= 0.6 is 23.2 Å². The van der Waals surface area contributed by atoms with E-state index < -0.39 is 0 Å². The molecule has 0 fully saturated rings. The lowest BCUT2D eigenvalue weighted by Crippen LogP contribution is -2.26. The van der Waals surface area contributed by atoms with Gasteiger partial charge in [0.05, 0.1) is 16.1 Å². The number of amides is 1. The number of carbonyl (C=O) groups is 1. The van der Waals surface area contributed by atoms with E-state index in [-0.39, 0.29) is 11.9 Å². The third kappa shape index (κ3) is 2.80. The fourth-order valence-corrected chi connectivity index (χ4v) is 2.64. The SMILES string of the molecule is C[C@H](NC(=O)c1cc2c(Cl)c(Cl)ccc2[nH]1)c1cccnc1. The van der Waals surface area contributed by atoms with Crippen molar-refractivity contribution in [1.29, 1.82) is 0 Å². The van der Waals surface area contributed by atoms with Crippen LogP contribution in [0.15, 0.2) is 42.7 Å². The quantitative estimate of drug-likeness (QED) is 0.748. The first kappa shape index (κ1) is 14.9. The molecule has 0 aliphatic carbocycles. The lowest BCUT2D eigenvalue weighted by Gasteiger charge is -2.12. The number of aromatic amines is 1. The van der Waals surface area contributed by atoms with Crippen molar-refractivity contribution in [3.63, 3.8) is 0 Å². The molecule has 0 spiro atoms. The van der Waals surface area contributed by atoms with Crippen LogP contribution in [0.1, 0.15) is 29.0 Å². The van der Waals surface area contributed by atoms with Gasteiger partial charge < -0.3 is 10.3 Å². The van der Waals surface area contributed by atoms with Crippen molar-refractivity contribution in [1.82, 2.24) is 15.3 Å². The second-order valence-electron chi connectivity index (χ2n) is 4.99. The molecule has 4 nitrogen and oxygen atoms in total. The minimum absolute atomic E-state index is 0.147. The van der Waals surface area contributed by atoms with Crippen LogP contribution in [0.4, 0.5) is 0 Å². The number of carbonyl (C=O) groups excluding carboxylic acids is 1. The molecule has 0 saturated heterocycles. The maximum Gasteiger partial charge on any atom is 0.268 e. The Balaban J connectivity index is 1.85. The van der Waals surface area contributed by atoms with E-state index in [1.165, 1.54) is 0 Å². The molecular weight excluding hydrogens is 321 g/mol. The zero-order valence-corrected chi connectivity index (χ0v) is 13.2. The smallest absolute Gasteiger partial charge is 0.268 e. The highest BCUT2D eigenvalue weighted by Gasteiger charge is 2.15. The Kier molecular flexibility index (Phi) is 4.05. The van der Waals surface area contributed by atoms with Crippen LogP contribution < -0.4 is 5.32 Å². The third-order valence-electron chi connectivity index (χ3n) is 3.47. The van der Waals surface area contributed by atoms with Gasteiger partial charge in [0.25, 0.3) is 5.91 Å². The molecule has 22 heavy (non-hydrogen) atoms. The summed E-state index contributed by atoms with van der Waals surface area (Å²) in [6.07, 6.45) is 3.42. The molecule has 0 aliphatic heterocycles. The summed E-state index contributed by atoms with van der Waals surface area (Å²) < 4.78 is 0. The van der Waals surface area contributed by atoms with E-state index in [2.05, 4.69) is 15.3 Å². The number of fused-ring (bicyclic) bond motifs is 1. The fraction of sp³-hybridized carbons (Fsp3) is 0.125. The van der Waals surface area contributed by atoms with E-state index >= 15 is 0 Å². The summed E-state index contributed by atoms with van der Waals surface area (Å²) in [6.45, 7) is 1.90. The molecule has 1 amide bonds. The summed E-state index contributed by atoms with van der Waals surface area (Å²) in [5, 5.41) is 4.55. The second-order valence-corrected chi connectivity index (χ2v) is 5.77. The monoisotopic (exact) mass is 333 g/mol. The van der Waals surface area contributed by atoms with Gasteiger partial charge >= 0.3 is 0 Å². The molecule has 3 rings (SSSR count). The van der Waals surface area contributed by atoms with Gasteiger partial charge in [-0.2, -0.15) is 0 Å². The highest BCUT2D eigenvalue weighted by atomic mass is 35.5. The zero-order chi connectivity index (χ0) is 15.7. The maximum absolute atomic E-state index is 12.4. The van der Waals surface area contributed by atoms with Crippen LogP contribution in [-0.2, 0) is 0 Å². The van der Waals surface area contributed by atoms with Gasteiger partial charge in [-0.05, 0) is 36.8 Å². The number of pyridine rings is 1. The van der Waals surface area contributed by atoms with Crippen molar-refractivity contribution in [2.45, 2.75) is 13.0 Å². The number of nitrogens with one attached hydrogen (secondary N) is 2. The molecule has 2 heterocycles. The Labute approximate surface area is 137 Å². The first-order valence-corrected chi connectivity index (χ1v) is 7.49. The van der Waals surface area contributed by atoms with Gasteiger partial charge in [-0.1, -0.05) is 29.3 Å². The average Bonchev–Trinajstić information content (AvgIpc) is 2.97. The Morgan fingerprint density at radius 1 is 1.32 bits per heavy atom. The van der Waals surface area contributed by atoms with Gasteiger partial charge in [0, 0.05) is 23.3 Å². The van der Waals surface area contributed by atoms with E-state index in [0.717, 1.165) is 16.5 Å². The van der Waals surface area contributed by atoms with Gasteiger partial charge in [0.2, 0.25) is 0 Å². The van der Waals surface area contributed by atoms with Crippen molar-refractivity contribution in [2.75, 3.05) is 0 Å². The van der Waals surface area contributed by atoms with Crippen molar-refractivity contribution in [3.05, 3.63) is 64.0 Å². The summed E-state index contributed by atoms with van der Waals surface area (Å²) in [4.78, 5) is 19.5. The number of nitrogens with zero attached hydrogens (tertiary/aromatic N) is 1. The van der Waals surface area contributed by atoms with Crippen LogP contribution in [0.5, 0.6) is 0 Å². The molecule has 3 aromatic rings. The first-order valence-electron chi connectivity index (χ1n) is 6.74. The summed E-state index contributed by atoms with van der Waals surface area (Å²) in [6, 6.07) is 8.80. The largest absolute Gasteiger partial charge is 0.350 e. The number of halogens is 2. The first-order chi connectivity index (χ1) is 10.6. The molecule has 0 aliphatic rings. The molecule has 0 unspecified atom stereocenters. The molecule has 2 N–H and O–H groups in total. The summed E-state index contributed by atoms with van der Waals surface area (Å²) in [5.41, 5.74) is 2.15. The Bertz CT molecular complexity index is 830. The maximum atomic E-state index is 12.4. The van der Waals surface area contributed by atoms with Crippen LogP contribution in [0.2, 0.25) is 10.0 Å². The van der Waals surface area contributed by atoms with Crippen LogP contribution in [0.25, 0.3) is 10.9 Å². The zero-order valence-electron chi connectivity index (χ0n) is 11.7. The fourth-order valence-electron chi connectivity index (χ4n) is 2.25. The Hall–Kier alpha value is -2.04. The van der Waals surface area contributed by atoms with E-state index in [0.29, 0.717) is 15.7 Å². The van der Waals surface area contributed by atoms with Crippen molar-refractivity contribution < 1.29 is 4.79 Å². The summed E-state index contributed by atoms with van der Waals surface area (Å²) in [7, 11) is 0. The normalized spacial score (nSPS) is 12.3. The molecule has 112 valence electrons. The number of aromatic nitrogens is 2. The van der Waals surface area contributed by atoms with E-state index in [1.54, 1.807) is 30.6 Å². The number of hydrogen-bond acceptors (Lipinski definition) is 2. The van der Waals surface area contributed by atoms with Gasteiger partial charge in [0.15, 0.2) is 0 Å². The number of hydrogen-bond donors (Lipinski definition) is 2. The van der Waals surface area contributed by atoms with E-state index in [4.69, 9.17) is 23.2 Å². The highest BCUT2D eigenvalue weighted by Crippen LogP contribution is 2.31. The van der Waals surface area contributed by atoms with Crippen molar-refractivity contribution in [3.8, 4) is 0 Å². The van der Waals surface area contributed by atoms with Gasteiger partial charge in [0.1, 0.15) is 5.69 Å². The number of H-pyrrole nitrogens is 1. The second kappa shape index (κ2) is 5.99. The molecule has 2 aromatic heterocycles. The lowest BCUT2D eigenvalue weighted by atomic mass is 10.1. The molecule has 0 radical (unpaired) electrons. The van der Waals surface area contributed by atoms with Gasteiger partial charge in [-0.3, -0.25) is 9.78 Å². The molecule has 0 saturated carbocycles. The third-order valence-corrected chi connectivity index (χ3v) is 4.29. The van der Waals surface area contributed by atoms with Crippen molar-refractivity contribution >= 4 is 40.0 Å². The predicted octanol–water partition coefficient (Wildman–Crippen LogP) is 4.36. The lowest BCUT2D eigenvalue weighted by molar-refractivity contribution is 0.0935. The topological polar surface area (TPSA) is 57.8 Å². The van der Waals surface area contributed by atoms with Crippen LogP contribution in [0, 0.1) is 0 Å². The standard InChI is InChI=1S/C16H13Cl2N3O/c1-9(10-3-2-6-19-8-10)20-16(22)14-7-11-13(21-14)5-4-12(17)15(11)18/h2-9,21H,1H3,(H,20,22)/t9-/m0/s1. The van der Waals surface area contributed by atoms with E-state index in [1.807, 2.05) is 19.1 Å². The summed E-state index contributed by atoms with van der Waals surface area (Å²) >= 11 is 12.1. The highest BCUT2D eigenvalue weighted by molar-refractivity contribution is 6.45. The van der Waals surface area contributed by atoms with Crippen molar-refractivity contribution in [2.24, 2.45) is 0 Å². The molecular formula is C16H13Cl2N3O. The van der Waals surface area contributed by atoms with Crippen LogP contribution in [0.3, 0.4) is 0 Å². The minimum atomic E-state index is -0.209. The minimum Gasteiger partial charge on any atom is -0.350 e. The van der Waals surface area contributed by atoms with E-state index in [9.17, 15) is 4.79 Å². The molecule has 1 atom stereocenters. The molecule has 0 bridgehead atoms. The number of rotatable bonds is 3. The van der Waals surface area contributed by atoms with Crippen LogP contribution in [-0.4, -0.2) is 15.9 Å².